The first kappa shape index (κ1) is 13.2. The summed E-state index contributed by atoms with van der Waals surface area (Å²) in [5.41, 5.74) is 7.22. The molecule has 0 saturated heterocycles. The van der Waals surface area contributed by atoms with Gasteiger partial charge in [0.05, 0.1) is 6.54 Å². The molecule has 0 aliphatic heterocycles. The summed E-state index contributed by atoms with van der Waals surface area (Å²) < 4.78 is 1.58. The minimum absolute atomic E-state index is 0.346. The van der Waals surface area contributed by atoms with Crippen LogP contribution >= 0.6 is 11.6 Å². The summed E-state index contributed by atoms with van der Waals surface area (Å²) in [6, 6.07) is 9.55. The van der Waals surface area contributed by atoms with Crippen molar-refractivity contribution in [3.63, 3.8) is 0 Å². The van der Waals surface area contributed by atoms with Crippen LogP contribution in [0.2, 0.25) is 5.02 Å². The van der Waals surface area contributed by atoms with Crippen LogP contribution in [-0.2, 0) is 6.54 Å². The molecule has 6 heteroatoms. The maximum atomic E-state index is 9.11. The highest BCUT2D eigenvalue weighted by Crippen LogP contribution is 2.23. The fraction of sp³-hybridized carbons (Fsp3) is 0.231. The summed E-state index contributed by atoms with van der Waals surface area (Å²) in [5.74, 6) is 0.855. The largest absolute Gasteiger partial charge is 0.383 e. The molecule has 2 rings (SSSR count). The molecule has 0 spiro atoms. The fourth-order valence-electron chi connectivity index (χ4n) is 1.78. The first-order valence-electron chi connectivity index (χ1n) is 5.91. The highest BCUT2D eigenvalue weighted by Gasteiger charge is 2.15. The SMILES string of the molecule is CCNc1nn(Cc2ccccc2Cl)c(N)c1C#N. The van der Waals surface area contributed by atoms with Crippen LogP contribution in [0.1, 0.15) is 18.1 Å². The smallest absolute Gasteiger partial charge is 0.168 e. The molecule has 0 amide bonds. The molecule has 0 unspecified atom stereocenters. The highest BCUT2D eigenvalue weighted by atomic mass is 35.5. The summed E-state index contributed by atoms with van der Waals surface area (Å²) in [4.78, 5) is 0. The lowest BCUT2D eigenvalue weighted by atomic mass is 10.2. The van der Waals surface area contributed by atoms with Crippen LogP contribution in [0, 0.1) is 11.3 Å². The number of halogens is 1. The first-order valence-corrected chi connectivity index (χ1v) is 6.28. The molecule has 0 fully saturated rings. The lowest BCUT2D eigenvalue weighted by Gasteiger charge is -2.05. The van der Waals surface area contributed by atoms with Crippen molar-refractivity contribution in [3.05, 3.63) is 40.4 Å². The lowest BCUT2D eigenvalue weighted by Crippen LogP contribution is -2.07. The molecule has 3 N–H and O–H groups in total. The minimum atomic E-state index is 0.346. The van der Waals surface area contributed by atoms with E-state index in [4.69, 9.17) is 22.6 Å². The van der Waals surface area contributed by atoms with Crippen molar-refractivity contribution in [1.82, 2.24) is 9.78 Å². The van der Waals surface area contributed by atoms with Crippen LogP contribution < -0.4 is 11.1 Å². The second-order valence-electron chi connectivity index (χ2n) is 4.00. The Morgan fingerprint density at radius 3 is 2.84 bits per heavy atom. The van der Waals surface area contributed by atoms with E-state index in [1.54, 1.807) is 4.68 Å². The summed E-state index contributed by atoms with van der Waals surface area (Å²) in [7, 11) is 0. The number of aromatic nitrogens is 2. The van der Waals surface area contributed by atoms with Crippen LogP contribution in [-0.4, -0.2) is 16.3 Å². The Morgan fingerprint density at radius 1 is 1.47 bits per heavy atom. The van der Waals surface area contributed by atoms with E-state index in [-0.39, 0.29) is 0 Å². The van der Waals surface area contributed by atoms with Crippen molar-refractivity contribution < 1.29 is 0 Å². The average molecular weight is 276 g/mol. The zero-order chi connectivity index (χ0) is 13.8. The summed E-state index contributed by atoms with van der Waals surface area (Å²) in [6.45, 7) is 3.05. The second-order valence-corrected chi connectivity index (χ2v) is 4.41. The first-order chi connectivity index (χ1) is 9.17. The monoisotopic (exact) mass is 275 g/mol. The number of nitrogens with two attached hydrogens (primary N) is 1. The van der Waals surface area contributed by atoms with Gasteiger partial charge in [-0.05, 0) is 18.6 Å². The lowest BCUT2D eigenvalue weighted by molar-refractivity contribution is 0.699. The van der Waals surface area contributed by atoms with Crippen LogP contribution in [0.3, 0.4) is 0 Å². The van der Waals surface area contributed by atoms with Crippen molar-refractivity contribution >= 4 is 23.2 Å². The highest BCUT2D eigenvalue weighted by molar-refractivity contribution is 6.31. The van der Waals surface area contributed by atoms with Gasteiger partial charge in [0.2, 0.25) is 0 Å². The molecular weight excluding hydrogens is 262 g/mol. The number of anilines is 2. The number of nitriles is 1. The minimum Gasteiger partial charge on any atom is -0.383 e. The van der Waals surface area contributed by atoms with Gasteiger partial charge in [-0.3, -0.25) is 0 Å². The Morgan fingerprint density at radius 2 is 2.21 bits per heavy atom. The van der Waals surface area contributed by atoms with Gasteiger partial charge in [0.1, 0.15) is 17.5 Å². The molecule has 0 aliphatic rings. The van der Waals surface area contributed by atoms with E-state index in [0.29, 0.717) is 35.3 Å². The van der Waals surface area contributed by atoms with Gasteiger partial charge in [0.15, 0.2) is 5.82 Å². The molecule has 0 radical (unpaired) electrons. The van der Waals surface area contributed by atoms with E-state index in [9.17, 15) is 0 Å². The summed E-state index contributed by atoms with van der Waals surface area (Å²) >= 11 is 6.11. The molecule has 0 saturated carbocycles. The number of hydrogen-bond donors (Lipinski definition) is 2. The zero-order valence-corrected chi connectivity index (χ0v) is 11.3. The maximum absolute atomic E-state index is 9.11. The van der Waals surface area contributed by atoms with Gasteiger partial charge in [0, 0.05) is 11.6 Å². The number of nitrogens with zero attached hydrogens (tertiary/aromatic N) is 3. The number of rotatable bonds is 4. The topological polar surface area (TPSA) is 79.7 Å². The quantitative estimate of drug-likeness (QED) is 0.898. The van der Waals surface area contributed by atoms with Crippen molar-refractivity contribution in [2.75, 3.05) is 17.6 Å². The molecule has 19 heavy (non-hydrogen) atoms. The van der Waals surface area contributed by atoms with Gasteiger partial charge in [-0.1, -0.05) is 29.8 Å². The Balaban J connectivity index is 2.36. The van der Waals surface area contributed by atoms with Crippen molar-refractivity contribution in [3.8, 4) is 6.07 Å². The predicted octanol–water partition coefficient (Wildman–Crippen LogP) is 2.47. The molecule has 5 nitrogen and oxygen atoms in total. The van der Waals surface area contributed by atoms with Crippen molar-refractivity contribution in [2.24, 2.45) is 0 Å². The van der Waals surface area contributed by atoms with E-state index in [2.05, 4.69) is 16.5 Å². The molecule has 0 aliphatic carbocycles. The van der Waals surface area contributed by atoms with E-state index in [1.807, 2.05) is 31.2 Å². The van der Waals surface area contributed by atoms with Gasteiger partial charge < -0.3 is 11.1 Å². The maximum Gasteiger partial charge on any atom is 0.168 e. The fourth-order valence-corrected chi connectivity index (χ4v) is 1.98. The van der Waals surface area contributed by atoms with Gasteiger partial charge >= 0.3 is 0 Å². The van der Waals surface area contributed by atoms with Crippen LogP contribution in [0.15, 0.2) is 24.3 Å². The number of nitrogens with one attached hydrogen (secondary N) is 1. The zero-order valence-electron chi connectivity index (χ0n) is 10.5. The summed E-state index contributed by atoms with van der Waals surface area (Å²) in [6.07, 6.45) is 0. The van der Waals surface area contributed by atoms with Crippen LogP contribution in [0.4, 0.5) is 11.6 Å². The molecule has 0 bridgehead atoms. The molecule has 2 aromatic rings. The van der Waals surface area contributed by atoms with Crippen LogP contribution in [0.25, 0.3) is 0 Å². The molecule has 1 aromatic carbocycles. The molecular formula is C13H14ClN5. The normalized spacial score (nSPS) is 10.2. The Bertz CT molecular complexity index is 626. The average Bonchev–Trinajstić information content (AvgIpc) is 2.69. The number of benzene rings is 1. The number of hydrogen-bond acceptors (Lipinski definition) is 4. The molecule has 1 aromatic heterocycles. The molecule has 1 heterocycles. The second kappa shape index (κ2) is 5.63. The Kier molecular flexibility index (Phi) is 3.93. The van der Waals surface area contributed by atoms with Gasteiger partial charge in [-0.25, -0.2) is 4.68 Å². The number of nitrogen functional groups attached to an aromatic ring is 1. The van der Waals surface area contributed by atoms with Crippen molar-refractivity contribution in [1.29, 1.82) is 5.26 Å². The molecule has 98 valence electrons. The third-order valence-electron chi connectivity index (χ3n) is 2.73. The van der Waals surface area contributed by atoms with E-state index >= 15 is 0 Å². The van der Waals surface area contributed by atoms with Gasteiger partial charge in [0.25, 0.3) is 0 Å². The van der Waals surface area contributed by atoms with E-state index < -0.39 is 0 Å². The third-order valence-corrected chi connectivity index (χ3v) is 3.09. The van der Waals surface area contributed by atoms with Crippen molar-refractivity contribution in [2.45, 2.75) is 13.5 Å². The molecule has 0 atom stereocenters. The predicted molar refractivity (Wildman–Crippen MR) is 76.1 cm³/mol. The third kappa shape index (κ3) is 2.64. The standard InChI is InChI=1S/C13H14ClN5/c1-2-17-13-10(7-15)12(16)19(18-13)8-9-5-3-4-6-11(9)14/h3-6H,2,8,16H2,1H3,(H,17,18). The van der Waals surface area contributed by atoms with Gasteiger partial charge in [-0.2, -0.15) is 10.4 Å². The Labute approximate surface area is 116 Å². The summed E-state index contributed by atoms with van der Waals surface area (Å²) in [5, 5.41) is 17.1. The van der Waals surface area contributed by atoms with E-state index in [0.717, 1.165) is 5.56 Å². The van der Waals surface area contributed by atoms with E-state index in [1.165, 1.54) is 0 Å². The van der Waals surface area contributed by atoms with Gasteiger partial charge in [-0.15, -0.1) is 0 Å². The van der Waals surface area contributed by atoms with Crippen LogP contribution in [0.5, 0.6) is 0 Å². The Hall–Kier alpha value is -2.19.